The Hall–Kier alpha value is -1.48. The Labute approximate surface area is 208 Å². The zero-order valence-electron chi connectivity index (χ0n) is 23.1. The molecule has 0 atom stereocenters. The van der Waals surface area contributed by atoms with Crippen molar-refractivity contribution in [1.82, 2.24) is 6.15 Å². The molecule has 0 aromatic heterocycles. The van der Waals surface area contributed by atoms with E-state index in [9.17, 15) is 0 Å². The molecule has 196 valence electrons. The van der Waals surface area contributed by atoms with Crippen molar-refractivity contribution in [3.63, 3.8) is 0 Å². The summed E-state index contributed by atoms with van der Waals surface area (Å²) >= 11 is 0. The van der Waals surface area contributed by atoms with E-state index in [1.807, 2.05) is 13.8 Å². The second-order valence-electron chi connectivity index (χ2n) is 8.21. The van der Waals surface area contributed by atoms with Crippen LogP contribution in [0, 0.1) is 0 Å². The van der Waals surface area contributed by atoms with Crippen LogP contribution < -0.4 is 16.2 Å². The standard InChI is InChI=1S/C26H47NO.C2H6.C2H4.H3N/c1-3-5-6-7-8-9-10-11-12-13-14-15-16-17-18-19-24-28-26-22-20-25(21-23-26)27-4-2;2*1-2;/h20-23,27H,3-19,24H2,1-2H3;1-2H3;1-2H2;1H3. The summed E-state index contributed by atoms with van der Waals surface area (Å²) in [6, 6.07) is 8.30. The number of unbranched alkanes of at least 4 members (excludes halogenated alkanes) is 15. The summed E-state index contributed by atoms with van der Waals surface area (Å²) in [5, 5.41) is 3.30. The fourth-order valence-corrected chi connectivity index (χ4v) is 3.71. The average molecular weight is 465 g/mol. The highest BCUT2D eigenvalue weighted by atomic mass is 16.5. The second kappa shape index (κ2) is 32.7. The third kappa shape index (κ3) is 26.7. The Morgan fingerprint density at radius 1 is 0.606 bits per heavy atom. The number of benzene rings is 1. The van der Waals surface area contributed by atoms with E-state index >= 15 is 0 Å². The van der Waals surface area contributed by atoms with Crippen molar-refractivity contribution in [2.24, 2.45) is 0 Å². The van der Waals surface area contributed by atoms with Gasteiger partial charge in [-0.1, -0.05) is 117 Å². The Kier molecular flexibility index (Phi) is 35.8. The summed E-state index contributed by atoms with van der Waals surface area (Å²) in [6.45, 7) is 16.2. The van der Waals surface area contributed by atoms with Crippen LogP contribution in [-0.4, -0.2) is 13.2 Å². The summed E-state index contributed by atoms with van der Waals surface area (Å²) in [5.41, 5.74) is 1.16. The number of rotatable bonds is 20. The fourth-order valence-electron chi connectivity index (χ4n) is 3.71. The van der Waals surface area contributed by atoms with Crippen LogP contribution in [0.4, 0.5) is 5.69 Å². The second-order valence-corrected chi connectivity index (χ2v) is 8.21. The maximum atomic E-state index is 5.83. The van der Waals surface area contributed by atoms with Crippen LogP contribution in [-0.2, 0) is 0 Å². The van der Waals surface area contributed by atoms with Crippen molar-refractivity contribution >= 4 is 5.69 Å². The molecule has 3 nitrogen and oxygen atoms in total. The lowest BCUT2D eigenvalue weighted by Gasteiger charge is -2.08. The number of hydrogen-bond donors (Lipinski definition) is 2. The minimum atomic E-state index is 0. The van der Waals surface area contributed by atoms with Crippen LogP contribution >= 0.6 is 0 Å². The van der Waals surface area contributed by atoms with E-state index in [4.69, 9.17) is 4.74 Å². The molecule has 0 saturated carbocycles. The number of anilines is 1. The van der Waals surface area contributed by atoms with Crippen LogP contribution in [0.5, 0.6) is 5.75 Å². The molecule has 33 heavy (non-hydrogen) atoms. The van der Waals surface area contributed by atoms with Crippen molar-refractivity contribution in [3.8, 4) is 5.75 Å². The lowest BCUT2D eigenvalue weighted by atomic mass is 10.0. The van der Waals surface area contributed by atoms with Crippen molar-refractivity contribution in [2.45, 2.75) is 130 Å². The molecule has 0 aliphatic carbocycles. The molecule has 1 rings (SSSR count). The predicted molar refractivity (Wildman–Crippen MR) is 153 cm³/mol. The molecule has 0 aliphatic rings. The monoisotopic (exact) mass is 464 g/mol. The number of nitrogens with one attached hydrogen (secondary N) is 1. The van der Waals surface area contributed by atoms with Crippen LogP contribution in [0.3, 0.4) is 0 Å². The van der Waals surface area contributed by atoms with E-state index in [-0.39, 0.29) is 6.15 Å². The highest BCUT2D eigenvalue weighted by Crippen LogP contribution is 2.17. The topological polar surface area (TPSA) is 56.3 Å². The smallest absolute Gasteiger partial charge is 0.119 e. The van der Waals surface area contributed by atoms with Gasteiger partial charge in [-0.15, -0.1) is 13.2 Å². The van der Waals surface area contributed by atoms with E-state index < -0.39 is 0 Å². The van der Waals surface area contributed by atoms with E-state index in [0.29, 0.717) is 0 Å². The fraction of sp³-hybridized carbons (Fsp3) is 0.733. The molecule has 1 aromatic carbocycles. The molecule has 1 aromatic rings. The summed E-state index contributed by atoms with van der Waals surface area (Å²) < 4.78 is 5.83. The molecule has 0 spiro atoms. The SMILES string of the molecule is C=C.CC.CCCCCCCCCCCCCCCCCCOc1ccc(NCC)cc1.N. The Morgan fingerprint density at radius 3 is 1.33 bits per heavy atom. The van der Waals surface area contributed by atoms with Gasteiger partial charge in [0, 0.05) is 12.2 Å². The lowest BCUT2D eigenvalue weighted by Crippen LogP contribution is -1.99. The normalized spacial score (nSPS) is 9.58. The van der Waals surface area contributed by atoms with E-state index in [1.54, 1.807) is 0 Å². The summed E-state index contributed by atoms with van der Waals surface area (Å²) in [6.07, 6.45) is 22.5. The quantitative estimate of drug-likeness (QED) is 0.149. The van der Waals surface area contributed by atoms with Crippen LogP contribution in [0.2, 0.25) is 0 Å². The highest BCUT2D eigenvalue weighted by molar-refractivity contribution is 5.46. The van der Waals surface area contributed by atoms with Crippen molar-refractivity contribution in [2.75, 3.05) is 18.5 Å². The first kappa shape index (κ1) is 36.1. The molecule has 3 heteroatoms. The molecule has 0 amide bonds. The molecule has 0 fully saturated rings. The van der Waals surface area contributed by atoms with Gasteiger partial charge in [0.15, 0.2) is 0 Å². The van der Waals surface area contributed by atoms with Crippen LogP contribution in [0.25, 0.3) is 0 Å². The third-order valence-corrected chi connectivity index (χ3v) is 5.50. The van der Waals surface area contributed by atoms with Crippen molar-refractivity contribution < 1.29 is 4.74 Å². The van der Waals surface area contributed by atoms with Crippen molar-refractivity contribution in [1.29, 1.82) is 0 Å². The van der Waals surface area contributed by atoms with Gasteiger partial charge >= 0.3 is 0 Å². The summed E-state index contributed by atoms with van der Waals surface area (Å²) in [4.78, 5) is 0. The molecule has 0 aliphatic heterocycles. The van der Waals surface area contributed by atoms with Gasteiger partial charge < -0.3 is 16.2 Å². The van der Waals surface area contributed by atoms with Gasteiger partial charge in [-0.3, -0.25) is 0 Å². The Bertz CT molecular complexity index is 447. The first-order valence-corrected chi connectivity index (χ1v) is 13.8. The molecular weight excluding hydrogens is 404 g/mol. The first-order valence-electron chi connectivity index (χ1n) is 13.8. The molecule has 0 radical (unpaired) electrons. The van der Waals surface area contributed by atoms with Crippen molar-refractivity contribution in [3.05, 3.63) is 37.4 Å². The molecule has 0 bridgehead atoms. The molecule has 0 heterocycles. The zero-order valence-corrected chi connectivity index (χ0v) is 23.1. The minimum absolute atomic E-state index is 0. The van der Waals surface area contributed by atoms with Gasteiger partial charge in [-0.2, -0.15) is 0 Å². The molecule has 0 saturated heterocycles. The van der Waals surface area contributed by atoms with E-state index in [0.717, 1.165) is 24.6 Å². The molecular formula is C30H60N2O. The van der Waals surface area contributed by atoms with Gasteiger partial charge in [0.25, 0.3) is 0 Å². The lowest BCUT2D eigenvalue weighted by molar-refractivity contribution is 0.304. The largest absolute Gasteiger partial charge is 0.494 e. The van der Waals surface area contributed by atoms with Gasteiger partial charge in [0.2, 0.25) is 0 Å². The van der Waals surface area contributed by atoms with Gasteiger partial charge in [-0.05, 0) is 37.6 Å². The number of hydrogen-bond acceptors (Lipinski definition) is 3. The van der Waals surface area contributed by atoms with Gasteiger partial charge in [0.05, 0.1) is 6.61 Å². The molecule has 0 unspecified atom stereocenters. The summed E-state index contributed by atoms with van der Waals surface area (Å²) in [5.74, 6) is 0.989. The summed E-state index contributed by atoms with van der Waals surface area (Å²) in [7, 11) is 0. The third-order valence-electron chi connectivity index (χ3n) is 5.50. The Morgan fingerprint density at radius 2 is 0.970 bits per heavy atom. The molecule has 4 N–H and O–H groups in total. The zero-order chi connectivity index (χ0) is 24.1. The van der Waals surface area contributed by atoms with Gasteiger partial charge in [0.1, 0.15) is 5.75 Å². The predicted octanol–water partition coefficient (Wildman–Crippen LogP) is 10.7. The van der Waals surface area contributed by atoms with Gasteiger partial charge in [-0.25, -0.2) is 0 Å². The first-order chi connectivity index (χ1) is 15.9. The Balaban J connectivity index is -0.00000170. The maximum Gasteiger partial charge on any atom is 0.119 e. The van der Waals surface area contributed by atoms with E-state index in [1.165, 1.54) is 103 Å². The highest BCUT2D eigenvalue weighted by Gasteiger charge is 1.97. The van der Waals surface area contributed by atoms with E-state index in [2.05, 4.69) is 56.6 Å². The minimum Gasteiger partial charge on any atom is -0.494 e. The number of ether oxygens (including phenoxy) is 1. The average Bonchev–Trinajstić information content (AvgIpc) is 2.85. The van der Waals surface area contributed by atoms with Crippen LogP contribution in [0.15, 0.2) is 37.4 Å². The van der Waals surface area contributed by atoms with Crippen LogP contribution in [0.1, 0.15) is 130 Å². The maximum absolute atomic E-state index is 5.83.